The van der Waals surface area contributed by atoms with Crippen LogP contribution in [0.25, 0.3) is 22.4 Å². The van der Waals surface area contributed by atoms with Crippen LogP contribution < -0.4 is 9.64 Å². The molecule has 5 heterocycles. The Labute approximate surface area is 230 Å². The van der Waals surface area contributed by atoms with E-state index in [-0.39, 0.29) is 29.5 Å². The Bertz CT molecular complexity index is 1300. The Morgan fingerprint density at radius 2 is 1.66 bits per heavy atom. The number of hydrogen-bond acceptors (Lipinski definition) is 7. The van der Waals surface area contributed by atoms with Gasteiger partial charge < -0.3 is 28.5 Å². The average Bonchev–Trinajstić information content (AvgIpc) is 3.65. The fraction of sp³-hybridized carbons (Fsp3) is 0.571. The van der Waals surface area contributed by atoms with Gasteiger partial charge in [0.1, 0.15) is 12.2 Å². The Balaban J connectivity index is 1.16. The number of nitrogens with zero attached hydrogens (tertiary/aromatic N) is 3. The second-order valence-corrected chi connectivity index (χ2v) is 17.3. The molecule has 0 amide bonds. The summed E-state index contributed by atoms with van der Waals surface area (Å²) in [6.07, 6.45) is 1.81. The SMILES string of the molecule is CC(C)(C)[Si](C)(C)OC1COC2C(Oc3nc4nc(-c5ccc(N6CCCC6)cc5)c(Cl)cc4[nH]3)COC12. The van der Waals surface area contributed by atoms with Gasteiger partial charge in [0.2, 0.25) is 0 Å². The van der Waals surface area contributed by atoms with E-state index in [1.54, 1.807) is 0 Å². The van der Waals surface area contributed by atoms with E-state index >= 15 is 0 Å². The van der Waals surface area contributed by atoms with E-state index in [0.29, 0.717) is 35.6 Å². The summed E-state index contributed by atoms with van der Waals surface area (Å²) >= 11 is 6.65. The Morgan fingerprint density at radius 1 is 1.00 bits per heavy atom. The van der Waals surface area contributed by atoms with E-state index in [4.69, 9.17) is 35.2 Å². The highest BCUT2D eigenvalue weighted by Crippen LogP contribution is 2.40. The molecule has 0 spiro atoms. The van der Waals surface area contributed by atoms with Gasteiger partial charge in [0.25, 0.3) is 6.01 Å². The molecule has 1 aromatic carbocycles. The lowest BCUT2D eigenvalue weighted by Gasteiger charge is -2.39. The average molecular weight is 557 g/mol. The molecular weight excluding hydrogens is 520 g/mol. The maximum Gasteiger partial charge on any atom is 0.296 e. The zero-order valence-electron chi connectivity index (χ0n) is 22.8. The van der Waals surface area contributed by atoms with E-state index in [0.717, 1.165) is 24.2 Å². The third-order valence-electron chi connectivity index (χ3n) is 8.49. The lowest BCUT2D eigenvalue weighted by atomic mass is 10.1. The summed E-state index contributed by atoms with van der Waals surface area (Å²) in [5.41, 5.74) is 4.19. The van der Waals surface area contributed by atoms with Gasteiger partial charge in [-0.2, -0.15) is 4.98 Å². The zero-order valence-corrected chi connectivity index (χ0v) is 24.5. The second kappa shape index (κ2) is 9.78. The van der Waals surface area contributed by atoms with E-state index in [2.05, 4.69) is 73.0 Å². The van der Waals surface area contributed by atoms with Gasteiger partial charge in [0.05, 0.1) is 35.6 Å². The maximum atomic E-state index is 6.65. The van der Waals surface area contributed by atoms with Crippen LogP contribution in [0.2, 0.25) is 23.2 Å². The van der Waals surface area contributed by atoms with E-state index in [9.17, 15) is 0 Å². The highest BCUT2D eigenvalue weighted by Gasteiger charge is 2.52. The molecule has 4 unspecified atom stereocenters. The Hall–Kier alpha value is -2.17. The van der Waals surface area contributed by atoms with Crippen LogP contribution in [0, 0.1) is 0 Å². The largest absolute Gasteiger partial charge is 0.456 e. The van der Waals surface area contributed by atoms with Crippen molar-refractivity contribution in [3.8, 4) is 17.3 Å². The van der Waals surface area contributed by atoms with Crippen LogP contribution in [0.15, 0.2) is 30.3 Å². The number of H-pyrrole nitrogens is 1. The molecule has 3 aromatic rings. The van der Waals surface area contributed by atoms with Gasteiger partial charge in [0.15, 0.2) is 20.1 Å². The van der Waals surface area contributed by atoms with Gasteiger partial charge in [-0.1, -0.05) is 44.5 Å². The zero-order chi connectivity index (χ0) is 26.7. The van der Waals surface area contributed by atoms with Crippen molar-refractivity contribution < 1.29 is 18.6 Å². The number of imidazole rings is 1. The highest BCUT2D eigenvalue weighted by atomic mass is 35.5. The number of nitrogens with one attached hydrogen (secondary N) is 1. The summed E-state index contributed by atoms with van der Waals surface area (Å²) in [7, 11) is -1.94. The van der Waals surface area contributed by atoms with Crippen molar-refractivity contribution in [1.29, 1.82) is 0 Å². The molecule has 204 valence electrons. The number of benzene rings is 1. The number of halogens is 1. The molecule has 38 heavy (non-hydrogen) atoms. The molecule has 3 fully saturated rings. The van der Waals surface area contributed by atoms with Crippen LogP contribution in [0.4, 0.5) is 5.69 Å². The maximum absolute atomic E-state index is 6.65. The molecule has 4 atom stereocenters. The summed E-state index contributed by atoms with van der Waals surface area (Å²) in [6.45, 7) is 14.4. The first kappa shape index (κ1) is 26.1. The van der Waals surface area contributed by atoms with Crippen LogP contribution in [0.1, 0.15) is 33.6 Å². The standard InChI is InChI=1S/C28H37ClN4O4Si/c1-28(2,3)38(4,5)37-22-16-35-24-21(15-34-25(22)24)36-27-30-20-14-19(29)23(31-26(20)32-27)17-8-10-18(11-9-17)33-12-6-7-13-33/h8-11,14,21-22,24-25H,6-7,12-13,15-16H2,1-5H3,(H,30,31,32). The minimum atomic E-state index is -1.94. The van der Waals surface area contributed by atoms with Crippen molar-refractivity contribution >= 4 is 36.8 Å². The number of anilines is 1. The van der Waals surface area contributed by atoms with Crippen molar-refractivity contribution in [2.24, 2.45) is 0 Å². The first-order chi connectivity index (χ1) is 18.1. The predicted molar refractivity (Wildman–Crippen MR) is 152 cm³/mol. The Morgan fingerprint density at radius 3 is 2.34 bits per heavy atom. The van der Waals surface area contributed by atoms with E-state index in [1.807, 2.05) is 6.07 Å². The molecular formula is C28H37ClN4O4Si. The van der Waals surface area contributed by atoms with Crippen LogP contribution in [-0.4, -0.2) is 74.0 Å². The highest BCUT2D eigenvalue weighted by molar-refractivity contribution is 6.74. The fourth-order valence-corrected chi connectivity index (χ4v) is 6.86. The van der Waals surface area contributed by atoms with Gasteiger partial charge >= 0.3 is 0 Å². The molecule has 1 N–H and O–H groups in total. The first-order valence-electron chi connectivity index (χ1n) is 13.6. The molecule has 0 bridgehead atoms. The molecule has 3 aliphatic rings. The van der Waals surface area contributed by atoms with Gasteiger partial charge in [-0.05, 0) is 49.2 Å². The van der Waals surface area contributed by atoms with Gasteiger partial charge in [-0.15, -0.1) is 0 Å². The van der Waals surface area contributed by atoms with Crippen LogP contribution in [-0.2, 0) is 13.9 Å². The number of rotatable bonds is 6. The third kappa shape index (κ3) is 4.84. The minimum absolute atomic E-state index is 0.0787. The molecule has 10 heteroatoms. The molecule has 3 saturated heterocycles. The smallest absolute Gasteiger partial charge is 0.296 e. The van der Waals surface area contributed by atoms with Gasteiger partial charge in [0, 0.05) is 24.3 Å². The number of aromatic amines is 1. The summed E-state index contributed by atoms with van der Waals surface area (Å²) < 4.78 is 25.1. The van der Waals surface area contributed by atoms with E-state index in [1.165, 1.54) is 18.5 Å². The second-order valence-electron chi connectivity index (χ2n) is 12.1. The van der Waals surface area contributed by atoms with Crippen molar-refractivity contribution in [1.82, 2.24) is 15.0 Å². The number of fused-ring (bicyclic) bond motifs is 2. The summed E-state index contributed by atoms with van der Waals surface area (Å²) in [4.78, 5) is 15.0. The number of hydrogen-bond donors (Lipinski definition) is 1. The number of aromatic nitrogens is 3. The number of pyridine rings is 1. The molecule has 8 nitrogen and oxygen atoms in total. The van der Waals surface area contributed by atoms with Crippen molar-refractivity contribution in [3.05, 3.63) is 35.4 Å². The molecule has 0 radical (unpaired) electrons. The Kier molecular flexibility index (Phi) is 6.71. The molecule has 2 aromatic heterocycles. The first-order valence-corrected chi connectivity index (χ1v) is 16.9. The van der Waals surface area contributed by atoms with Gasteiger partial charge in [-0.25, -0.2) is 4.98 Å². The summed E-state index contributed by atoms with van der Waals surface area (Å²) in [5.74, 6) is 0. The van der Waals surface area contributed by atoms with Gasteiger partial charge in [-0.3, -0.25) is 0 Å². The van der Waals surface area contributed by atoms with Crippen LogP contribution in [0.5, 0.6) is 6.01 Å². The monoisotopic (exact) mass is 556 g/mol. The quantitative estimate of drug-likeness (QED) is 0.383. The number of ether oxygens (including phenoxy) is 3. The fourth-order valence-electron chi connectivity index (χ4n) is 5.29. The van der Waals surface area contributed by atoms with Crippen LogP contribution >= 0.6 is 11.6 Å². The third-order valence-corrected chi connectivity index (χ3v) is 13.3. The van der Waals surface area contributed by atoms with Crippen LogP contribution in [0.3, 0.4) is 0 Å². The predicted octanol–water partition coefficient (Wildman–Crippen LogP) is 5.81. The van der Waals surface area contributed by atoms with E-state index < -0.39 is 8.32 Å². The molecule has 6 rings (SSSR count). The van der Waals surface area contributed by atoms with Crippen molar-refractivity contribution in [2.75, 3.05) is 31.2 Å². The summed E-state index contributed by atoms with van der Waals surface area (Å²) in [5, 5.41) is 0.687. The molecule has 0 saturated carbocycles. The minimum Gasteiger partial charge on any atom is -0.456 e. The molecule has 3 aliphatic heterocycles. The topological polar surface area (TPSA) is 81.7 Å². The van der Waals surface area contributed by atoms with Crippen molar-refractivity contribution in [3.63, 3.8) is 0 Å². The summed E-state index contributed by atoms with van der Waals surface area (Å²) in [6, 6.07) is 10.7. The van der Waals surface area contributed by atoms with Crippen molar-refractivity contribution in [2.45, 2.75) is 76.2 Å². The molecule has 0 aliphatic carbocycles. The lowest BCUT2D eigenvalue weighted by molar-refractivity contribution is 0.0116. The lowest BCUT2D eigenvalue weighted by Crippen LogP contribution is -2.47. The normalized spacial score (nSPS) is 25.9.